The van der Waals surface area contributed by atoms with Gasteiger partial charge in [-0.1, -0.05) is 19.1 Å². The van der Waals surface area contributed by atoms with Crippen molar-refractivity contribution < 1.29 is 9.90 Å². The average molecular weight is 347 g/mol. The Labute approximate surface area is 146 Å². The largest absolute Gasteiger partial charge is 0.396 e. The van der Waals surface area contributed by atoms with Crippen molar-refractivity contribution in [3.8, 4) is 0 Å². The highest BCUT2D eigenvalue weighted by Crippen LogP contribution is 2.26. The van der Waals surface area contributed by atoms with Crippen LogP contribution in [0.1, 0.15) is 30.7 Å². The molecule has 0 aliphatic carbocycles. The van der Waals surface area contributed by atoms with Gasteiger partial charge in [-0.2, -0.15) is 0 Å². The summed E-state index contributed by atoms with van der Waals surface area (Å²) in [5, 5.41) is 13.3. The number of likely N-dealkylation sites (tertiary alicyclic amines) is 1. The zero-order valence-electron chi connectivity index (χ0n) is 14.1. The third-order valence-electron chi connectivity index (χ3n) is 4.67. The fourth-order valence-corrected chi connectivity index (χ4v) is 4.06. The normalized spacial score (nSPS) is 17.9. The summed E-state index contributed by atoms with van der Waals surface area (Å²) in [6, 6.07) is 8.13. The van der Waals surface area contributed by atoms with Crippen molar-refractivity contribution >= 4 is 27.5 Å². The van der Waals surface area contributed by atoms with E-state index < -0.39 is 0 Å². The van der Waals surface area contributed by atoms with Crippen LogP contribution in [-0.4, -0.2) is 53.7 Å². The number of aromatic nitrogens is 1. The summed E-state index contributed by atoms with van der Waals surface area (Å²) >= 11 is 1.70. The van der Waals surface area contributed by atoms with Crippen molar-refractivity contribution in [3.05, 3.63) is 29.3 Å². The third-order valence-corrected chi connectivity index (χ3v) is 5.94. The molecule has 0 saturated carbocycles. The Morgan fingerprint density at radius 2 is 2.17 bits per heavy atom. The van der Waals surface area contributed by atoms with Gasteiger partial charge in [0, 0.05) is 19.1 Å². The second kappa shape index (κ2) is 8.05. The lowest BCUT2D eigenvalue weighted by molar-refractivity contribution is -0.122. The highest BCUT2D eigenvalue weighted by Gasteiger charge is 2.20. The lowest BCUT2D eigenvalue weighted by Gasteiger charge is -2.30. The van der Waals surface area contributed by atoms with Crippen molar-refractivity contribution in [2.45, 2.75) is 25.7 Å². The van der Waals surface area contributed by atoms with Crippen LogP contribution >= 0.6 is 11.3 Å². The number of piperidine rings is 1. The fourth-order valence-electron chi connectivity index (χ4n) is 3.04. The van der Waals surface area contributed by atoms with E-state index in [-0.39, 0.29) is 18.4 Å². The number of para-hydroxylation sites is 1. The molecule has 1 atom stereocenters. The molecule has 1 saturated heterocycles. The summed E-state index contributed by atoms with van der Waals surface area (Å²) in [6.45, 7) is 5.22. The Hall–Kier alpha value is -1.50. The molecule has 2 N–H and O–H groups in total. The van der Waals surface area contributed by atoms with E-state index in [1.54, 1.807) is 11.3 Å². The summed E-state index contributed by atoms with van der Waals surface area (Å²) in [5.41, 5.74) is 1.03. The Morgan fingerprint density at radius 3 is 2.88 bits per heavy atom. The lowest BCUT2D eigenvalue weighted by Crippen LogP contribution is -2.42. The number of carbonyl (C=O) groups is 1. The summed E-state index contributed by atoms with van der Waals surface area (Å²) in [7, 11) is 0. The minimum atomic E-state index is 0.0745. The van der Waals surface area contributed by atoms with Crippen LogP contribution in [0.5, 0.6) is 0 Å². The van der Waals surface area contributed by atoms with Gasteiger partial charge in [0.15, 0.2) is 0 Å². The minimum absolute atomic E-state index is 0.0745. The standard InChI is InChI=1S/C18H25N3O2S/c1-13(18-20-15-4-2-3-5-16(15)24-18)10-19-17(23)11-21-8-6-14(12-22)7-9-21/h2-5,13-14,22H,6-12H2,1H3,(H,19,23)/t13-/m0/s1. The van der Waals surface area contributed by atoms with Crippen molar-refractivity contribution in [1.82, 2.24) is 15.2 Å². The molecule has 2 aromatic rings. The average Bonchev–Trinajstić information content (AvgIpc) is 3.04. The topological polar surface area (TPSA) is 65.5 Å². The first kappa shape index (κ1) is 17.3. The van der Waals surface area contributed by atoms with E-state index in [1.807, 2.05) is 18.2 Å². The molecule has 0 unspecified atom stereocenters. The van der Waals surface area contributed by atoms with E-state index in [0.717, 1.165) is 36.5 Å². The number of hydrogen-bond acceptors (Lipinski definition) is 5. The smallest absolute Gasteiger partial charge is 0.234 e. The summed E-state index contributed by atoms with van der Waals surface area (Å²) in [5.74, 6) is 0.695. The molecule has 1 aromatic carbocycles. The third kappa shape index (κ3) is 4.32. The number of thiazole rings is 1. The van der Waals surface area contributed by atoms with Gasteiger partial charge in [-0.15, -0.1) is 11.3 Å². The van der Waals surface area contributed by atoms with E-state index in [9.17, 15) is 4.79 Å². The molecule has 24 heavy (non-hydrogen) atoms. The molecule has 3 rings (SSSR count). The number of aliphatic hydroxyl groups is 1. The number of amides is 1. The van der Waals surface area contributed by atoms with Crippen LogP contribution in [0.3, 0.4) is 0 Å². The number of fused-ring (bicyclic) bond motifs is 1. The van der Waals surface area contributed by atoms with Gasteiger partial charge in [-0.05, 0) is 44.0 Å². The van der Waals surface area contributed by atoms with Crippen molar-refractivity contribution in [2.24, 2.45) is 5.92 Å². The van der Waals surface area contributed by atoms with Gasteiger partial charge >= 0.3 is 0 Å². The predicted molar refractivity (Wildman–Crippen MR) is 97.3 cm³/mol. The maximum Gasteiger partial charge on any atom is 0.234 e. The number of nitrogens with zero attached hydrogens (tertiary/aromatic N) is 2. The summed E-state index contributed by atoms with van der Waals surface area (Å²) < 4.78 is 1.19. The highest BCUT2D eigenvalue weighted by molar-refractivity contribution is 7.18. The van der Waals surface area contributed by atoms with Crippen molar-refractivity contribution in [3.63, 3.8) is 0 Å². The van der Waals surface area contributed by atoms with Gasteiger partial charge in [0.2, 0.25) is 5.91 Å². The first-order valence-corrected chi connectivity index (χ1v) is 9.42. The van der Waals surface area contributed by atoms with Crippen molar-refractivity contribution in [1.29, 1.82) is 0 Å². The van der Waals surface area contributed by atoms with E-state index in [1.165, 1.54) is 4.70 Å². The predicted octanol–water partition coefficient (Wildman–Crippen LogP) is 2.22. The number of nitrogens with one attached hydrogen (secondary N) is 1. The van der Waals surface area contributed by atoms with Crippen LogP contribution in [0.15, 0.2) is 24.3 Å². The van der Waals surface area contributed by atoms with E-state index in [4.69, 9.17) is 5.11 Å². The monoisotopic (exact) mass is 347 g/mol. The molecule has 0 radical (unpaired) electrons. The zero-order chi connectivity index (χ0) is 16.9. The Kier molecular flexibility index (Phi) is 5.81. The van der Waals surface area contributed by atoms with Gasteiger partial charge in [-0.3, -0.25) is 9.69 Å². The number of aliphatic hydroxyl groups excluding tert-OH is 1. The van der Waals surface area contributed by atoms with E-state index in [2.05, 4.69) is 28.2 Å². The Morgan fingerprint density at radius 1 is 1.42 bits per heavy atom. The zero-order valence-corrected chi connectivity index (χ0v) is 14.9. The van der Waals surface area contributed by atoms with E-state index >= 15 is 0 Å². The van der Waals surface area contributed by atoms with Crippen LogP contribution in [0.2, 0.25) is 0 Å². The maximum absolute atomic E-state index is 12.2. The number of rotatable bonds is 6. The molecule has 1 aliphatic rings. The summed E-state index contributed by atoms with van der Waals surface area (Å²) in [4.78, 5) is 19.0. The van der Waals surface area contributed by atoms with Crippen LogP contribution in [0, 0.1) is 5.92 Å². The van der Waals surface area contributed by atoms with Crippen LogP contribution < -0.4 is 5.32 Å². The molecule has 0 spiro atoms. The molecule has 1 fully saturated rings. The molecule has 2 heterocycles. The molecule has 130 valence electrons. The Bertz CT molecular complexity index is 647. The van der Waals surface area contributed by atoms with Crippen molar-refractivity contribution in [2.75, 3.05) is 32.8 Å². The molecule has 1 amide bonds. The number of carbonyl (C=O) groups excluding carboxylic acids is 1. The van der Waals surface area contributed by atoms with Crippen LogP contribution in [0.4, 0.5) is 0 Å². The molecule has 5 nitrogen and oxygen atoms in total. The first-order chi connectivity index (χ1) is 11.7. The minimum Gasteiger partial charge on any atom is -0.396 e. The SMILES string of the molecule is C[C@@H](CNC(=O)CN1CCC(CO)CC1)c1nc2ccccc2s1. The van der Waals surface area contributed by atoms with Crippen LogP contribution in [-0.2, 0) is 4.79 Å². The second-order valence-electron chi connectivity index (χ2n) is 6.63. The fraction of sp³-hybridized carbons (Fsp3) is 0.556. The highest BCUT2D eigenvalue weighted by atomic mass is 32.1. The van der Waals surface area contributed by atoms with Gasteiger partial charge in [0.1, 0.15) is 0 Å². The van der Waals surface area contributed by atoms with Gasteiger partial charge in [-0.25, -0.2) is 4.98 Å². The molecule has 1 aromatic heterocycles. The molecule has 6 heteroatoms. The first-order valence-electron chi connectivity index (χ1n) is 8.61. The van der Waals surface area contributed by atoms with E-state index in [0.29, 0.717) is 19.0 Å². The van der Waals surface area contributed by atoms with Gasteiger partial charge in [0.25, 0.3) is 0 Å². The quantitative estimate of drug-likeness (QED) is 0.841. The second-order valence-corrected chi connectivity index (χ2v) is 7.69. The maximum atomic E-state index is 12.2. The Balaban J connectivity index is 1.45. The number of benzene rings is 1. The summed E-state index contributed by atoms with van der Waals surface area (Å²) in [6.07, 6.45) is 1.96. The molecular weight excluding hydrogens is 322 g/mol. The van der Waals surface area contributed by atoms with Gasteiger partial charge in [0.05, 0.1) is 21.8 Å². The number of hydrogen-bond donors (Lipinski definition) is 2. The van der Waals surface area contributed by atoms with Crippen LogP contribution in [0.25, 0.3) is 10.2 Å². The molecule has 1 aliphatic heterocycles. The van der Waals surface area contributed by atoms with Gasteiger partial charge < -0.3 is 10.4 Å². The lowest BCUT2D eigenvalue weighted by atomic mass is 9.98. The molecular formula is C18H25N3O2S. The molecule has 0 bridgehead atoms.